The van der Waals surface area contributed by atoms with E-state index in [-0.39, 0.29) is 12.2 Å². The molecule has 0 atom stereocenters. The minimum Gasteiger partial charge on any atom is -0.484 e. The Morgan fingerprint density at radius 1 is 1.12 bits per heavy atom. The lowest BCUT2D eigenvalue weighted by molar-refractivity contribution is -0.120. The number of ether oxygens (including phenoxy) is 1. The van der Waals surface area contributed by atoms with E-state index in [9.17, 15) is 14.4 Å². The third-order valence-corrected chi connectivity index (χ3v) is 3.78. The summed E-state index contributed by atoms with van der Waals surface area (Å²) >= 11 is 6.95. The average Bonchev–Trinajstić information content (AvgIpc) is 3.00. The van der Waals surface area contributed by atoms with Gasteiger partial charge in [-0.05, 0) is 35.7 Å². The van der Waals surface area contributed by atoms with E-state index in [4.69, 9.17) is 16.3 Å². The molecule has 0 unspecified atom stereocenters. The van der Waals surface area contributed by atoms with Crippen LogP contribution < -0.4 is 20.9 Å². The maximum atomic E-state index is 11.9. The molecule has 0 aliphatic carbocycles. The standard InChI is InChI=1S/C15H14ClN3O4S/c1-9(20)18-19-14(22)12-6-7-24-15(12)17-13(21)8-23-11-4-2-10(16)3-5-11/h2-7H,8H2,1H3,(H,17,21)(H,18,20)(H,19,22). The van der Waals surface area contributed by atoms with Crippen LogP contribution in [-0.4, -0.2) is 24.3 Å². The van der Waals surface area contributed by atoms with Gasteiger partial charge >= 0.3 is 0 Å². The molecule has 0 saturated carbocycles. The number of hydrogen-bond acceptors (Lipinski definition) is 5. The minimum absolute atomic E-state index is 0.216. The summed E-state index contributed by atoms with van der Waals surface area (Å²) in [7, 11) is 0. The lowest BCUT2D eigenvalue weighted by Crippen LogP contribution is -2.40. The van der Waals surface area contributed by atoms with Gasteiger partial charge in [0.25, 0.3) is 11.8 Å². The highest BCUT2D eigenvalue weighted by molar-refractivity contribution is 7.14. The number of benzene rings is 1. The molecule has 7 nitrogen and oxygen atoms in total. The fourth-order valence-electron chi connectivity index (χ4n) is 1.64. The molecule has 0 aliphatic heterocycles. The number of amides is 3. The fraction of sp³-hybridized carbons (Fsp3) is 0.133. The first-order valence-corrected chi connectivity index (χ1v) is 8.04. The van der Waals surface area contributed by atoms with Crippen molar-refractivity contribution < 1.29 is 19.1 Å². The maximum Gasteiger partial charge on any atom is 0.272 e. The average molecular weight is 368 g/mol. The van der Waals surface area contributed by atoms with Crippen LogP contribution in [0.15, 0.2) is 35.7 Å². The molecule has 0 fully saturated rings. The van der Waals surface area contributed by atoms with Crippen LogP contribution in [0.4, 0.5) is 5.00 Å². The van der Waals surface area contributed by atoms with Gasteiger partial charge < -0.3 is 10.1 Å². The van der Waals surface area contributed by atoms with Gasteiger partial charge in [0.05, 0.1) is 5.56 Å². The van der Waals surface area contributed by atoms with Crippen LogP contribution >= 0.6 is 22.9 Å². The molecular weight excluding hydrogens is 354 g/mol. The SMILES string of the molecule is CC(=O)NNC(=O)c1ccsc1NC(=O)COc1ccc(Cl)cc1. The fourth-order valence-corrected chi connectivity index (χ4v) is 2.57. The molecule has 9 heteroatoms. The minimum atomic E-state index is -0.527. The topological polar surface area (TPSA) is 96.5 Å². The van der Waals surface area contributed by atoms with Crippen molar-refractivity contribution in [3.63, 3.8) is 0 Å². The van der Waals surface area contributed by atoms with Gasteiger partial charge in [0.1, 0.15) is 10.8 Å². The van der Waals surface area contributed by atoms with Crippen molar-refractivity contribution in [1.82, 2.24) is 10.9 Å². The van der Waals surface area contributed by atoms with E-state index < -0.39 is 17.7 Å². The second kappa shape index (κ2) is 8.32. The van der Waals surface area contributed by atoms with Crippen LogP contribution in [0.25, 0.3) is 0 Å². The molecule has 0 aliphatic rings. The van der Waals surface area contributed by atoms with E-state index in [0.717, 1.165) is 0 Å². The van der Waals surface area contributed by atoms with Gasteiger partial charge in [-0.25, -0.2) is 0 Å². The van der Waals surface area contributed by atoms with Gasteiger partial charge in [0, 0.05) is 11.9 Å². The van der Waals surface area contributed by atoms with Gasteiger partial charge in [0.2, 0.25) is 5.91 Å². The molecule has 126 valence electrons. The van der Waals surface area contributed by atoms with E-state index in [1.807, 2.05) is 0 Å². The number of thiophene rings is 1. The van der Waals surface area contributed by atoms with E-state index in [1.165, 1.54) is 24.3 Å². The molecule has 2 rings (SSSR count). The highest BCUT2D eigenvalue weighted by Crippen LogP contribution is 2.23. The number of carbonyl (C=O) groups excluding carboxylic acids is 3. The highest BCUT2D eigenvalue weighted by atomic mass is 35.5. The van der Waals surface area contributed by atoms with Crippen LogP contribution in [0.5, 0.6) is 5.75 Å². The molecule has 1 heterocycles. The summed E-state index contributed by atoms with van der Waals surface area (Å²) in [5.41, 5.74) is 4.66. The predicted octanol–water partition coefficient (Wildman–Crippen LogP) is 2.20. The zero-order chi connectivity index (χ0) is 17.5. The molecule has 3 N–H and O–H groups in total. The second-order valence-electron chi connectivity index (χ2n) is 4.59. The molecular formula is C15H14ClN3O4S. The van der Waals surface area contributed by atoms with Crippen molar-refractivity contribution in [2.75, 3.05) is 11.9 Å². The molecule has 0 radical (unpaired) electrons. The summed E-state index contributed by atoms with van der Waals surface area (Å²) in [6.45, 7) is 1.05. The molecule has 3 amide bonds. The van der Waals surface area contributed by atoms with Gasteiger partial charge in [-0.1, -0.05) is 11.6 Å². The Morgan fingerprint density at radius 3 is 2.50 bits per heavy atom. The van der Waals surface area contributed by atoms with Crippen LogP contribution in [0.3, 0.4) is 0 Å². The summed E-state index contributed by atoms with van der Waals surface area (Å²) in [6.07, 6.45) is 0. The zero-order valence-electron chi connectivity index (χ0n) is 12.6. The van der Waals surface area contributed by atoms with Crippen molar-refractivity contribution in [2.24, 2.45) is 0 Å². The van der Waals surface area contributed by atoms with E-state index in [2.05, 4.69) is 16.2 Å². The van der Waals surface area contributed by atoms with E-state index in [0.29, 0.717) is 15.8 Å². The van der Waals surface area contributed by atoms with Crippen LogP contribution in [0, 0.1) is 0 Å². The number of rotatable bonds is 5. The first-order chi connectivity index (χ1) is 11.5. The third-order valence-electron chi connectivity index (χ3n) is 2.70. The van der Waals surface area contributed by atoms with E-state index >= 15 is 0 Å². The highest BCUT2D eigenvalue weighted by Gasteiger charge is 2.15. The number of hydrazine groups is 1. The first-order valence-electron chi connectivity index (χ1n) is 6.78. The Bertz CT molecular complexity index is 745. The van der Waals surface area contributed by atoms with Crippen LogP contribution in [-0.2, 0) is 9.59 Å². The Hall–Kier alpha value is -2.58. The second-order valence-corrected chi connectivity index (χ2v) is 5.94. The van der Waals surface area contributed by atoms with Crippen LogP contribution in [0.2, 0.25) is 5.02 Å². The van der Waals surface area contributed by atoms with Gasteiger partial charge in [0.15, 0.2) is 6.61 Å². The Kier molecular flexibility index (Phi) is 6.16. The molecule has 24 heavy (non-hydrogen) atoms. The van der Waals surface area contributed by atoms with Crippen molar-refractivity contribution in [3.8, 4) is 5.75 Å². The molecule has 0 spiro atoms. The Morgan fingerprint density at radius 2 is 1.83 bits per heavy atom. The molecule has 1 aromatic carbocycles. The predicted molar refractivity (Wildman–Crippen MR) is 91.2 cm³/mol. The van der Waals surface area contributed by atoms with Gasteiger partial charge in [-0.3, -0.25) is 25.2 Å². The number of halogens is 1. The van der Waals surface area contributed by atoms with Crippen LogP contribution in [0.1, 0.15) is 17.3 Å². The number of anilines is 1. The van der Waals surface area contributed by atoms with Crippen molar-refractivity contribution in [3.05, 3.63) is 46.3 Å². The molecule has 0 saturated heterocycles. The summed E-state index contributed by atoms with van der Waals surface area (Å²) < 4.78 is 5.33. The van der Waals surface area contributed by atoms with Gasteiger partial charge in [-0.15, -0.1) is 11.3 Å². The summed E-state index contributed by atoms with van der Waals surface area (Å²) in [5.74, 6) is -0.841. The zero-order valence-corrected chi connectivity index (χ0v) is 14.2. The Labute approximate surface area is 146 Å². The summed E-state index contributed by atoms with van der Waals surface area (Å²) in [4.78, 5) is 34.6. The molecule has 2 aromatic rings. The van der Waals surface area contributed by atoms with Crippen molar-refractivity contribution >= 4 is 45.7 Å². The quantitative estimate of drug-likeness (QED) is 0.706. The number of hydrogen-bond donors (Lipinski definition) is 3. The van der Waals surface area contributed by atoms with Gasteiger partial charge in [-0.2, -0.15) is 0 Å². The Balaban J connectivity index is 1.90. The van der Waals surface area contributed by atoms with Crippen molar-refractivity contribution in [1.29, 1.82) is 0 Å². The monoisotopic (exact) mass is 367 g/mol. The molecule has 1 aromatic heterocycles. The normalized spacial score (nSPS) is 9.92. The number of carbonyl (C=O) groups is 3. The smallest absolute Gasteiger partial charge is 0.272 e. The third kappa shape index (κ3) is 5.25. The number of nitrogens with one attached hydrogen (secondary N) is 3. The van der Waals surface area contributed by atoms with Crippen molar-refractivity contribution in [2.45, 2.75) is 6.92 Å². The molecule has 0 bridgehead atoms. The lowest BCUT2D eigenvalue weighted by Gasteiger charge is -2.09. The van der Waals surface area contributed by atoms with E-state index in [1.54, 1.807) is 29.6 Å². The largest absolute Gasteiger partial charge is 0.484 e. The lowest BCUT2D eigenvalue weighted by atomic mass is 10.3. The first kappa shape index (κ1) is 17.8. The summed E-state index contributed by atoms with van der Waals surface area (Å²) in [6, 6.07) is 8.13. The summed E-state index contributed by atoms with van der Waals surface area (Å²) in [5, 5.41) is 5.18. The maximum absolute atomic E-state index is 11.9.